The predicted molar refractivity (Wildman–Crippen MR) is 77.3 cm³/mol. The van der Waals surface area contributed by atoms with Gasteiger partial charge in [0.15, 0.2) is 5.78 Å². The van der Waals surface area contributed by atoms with Gasteiger partial charge in [-0.2, -0.15) is 0 Å². The van der Waals surface area contributed by atoms with Gasteiger partial charge in [-0.15, -0.1) is 0 Å². The number of aliphatic hydroxyl groups excluding tert-OH is 1. The molecule has 0 aliphatic heterocycles. The Hall–Kier alpha value is -0.770. The topological polar surface area (TPSA) is 63.3 Å². The molecule has 0 bridgehead atoms. The van der Waals surface area contributed by atoms with Crippen LogP contribution in [0.15, 0.2) is 24.3 Å². The number of carbonyl (C=O) groups excluding carboxylic acids is 1. The average Bonchev–Trinajstić information content (AvgIpc) is 2.33. The molecule has 0 radical (unpaired) electrons. The molecular formula is C12H16B2ClNO2. The third kappa shape index (κ3) is 2.00. The Morgan fingerprint density at radius 2 is 1.94 bits per heavy atom. The molecule has 0 heterocycles. The Bertz CT molecular complexity index is 495. The van der Waals surface area contributed by atoms with Crippen molar-refractivity contribution in [2.24, 2.45) is 5.73 Å². The molecule has 94 valence electrons. The Labute approximate surface area is 114 Å². The lowest BCUT2D eigenvalue weighted by atomic mass is 9.44. The molecule has 1 saturated carbocycles. The highest BCUT2D eigenvalue weighted by molar-refractivity contribution is 6.42. The molecule has 0 amide bonds. The molecule has 3 nitrogen and oxygen atoms in total. The van der Waals surface area contributed by atoms with E-state index in [1.165, 1.54) is 0 Å². The van der Waals surface area contributed by atoms with E-state index in [4.69, 9.17) is 17.3 Å². The van der Waals surface area contributed by atoms with Gasteiger partial charge in [0.1, 0.15) is 27.3 Å². The Morgan fingerprint density at radius 1 is 1.33 bits per heavy atom. The third-order valence-electron chi connectivity index (χ3n) is 3.95. The van der Waals surface area contributed by atoms with Crippen LogP contribution in [0.5, 0.6) is 0 Å². The fourth-order valence-corrected chi connectivity index (χ4v) is 2.77. The third-order valence-corrected chi connectivity index (χ3v) is 4.28. The molecule has 2 rings (SSSR count). The van der Waals surface area contributed by atoms with Crippen LogP contribution in [0.4, 0.5) is 0 Å². The number of nitrogens with two attached hydrogens (primary N) is 1. The first-order valence-electron chi connectivity index (χ1n) is 6.05. The molecule has 1 aromatic carbocycles. The van der Waals surface area contributed by atoms with Gasteiger partial charge in [0.25, 0.3) is 0 Å². The summed E-state index contributed by atoms with van der Waals surface area (Å²) in [6.07, 6.45) is 0.133. The van der Waals surface area contributed by atoms with Gasteiger partial charge < -0.3 is 10.8 Å². The maximum absolute atomic E-state index is 12.4. The number of hydrogen-bond donors (Lipinski definition) is 2. The quantitative estimate of drug-likeness (QED) is 0.678. The first-order valence-corrected chi connectivity index (χ1v) is 6.43. The highest BCUT2D eigenvalue weighted by Crippen LogP contribution is 2.44. The molecule has 1 aliphatic carbocycles. The number of rotatable bonds is 1. The summed E-state index contributed by atoms with van der Waals surface area (Å²) >= 11 is 6.12. The normalized spacial score (nSPS) is 31.3. The minimum atomic E-state index is -1.17. The lowest BCUT2D eigenvalue weighted by molar-refractivity contribution is -0.137. The molecule has 2 atom stereocenters. The van der Waals surface area contributed by atoms with Crippen LogP contribution in [-0.2, 0) is 10.3 Å². The van der Waals surface area contributed by atoms with Crippen LogP contribution in [-0.4, -0.2) is 32.7 Å². The Morgan fingerprint density at radius 3 is 2.56 bits per heavy atom. The number of benzene rings is 1. The molecule has 1 fully saturated rings. The van der Waals surface area contributed by atoms with Crippen LogP contribution in [0, 0.1) is 0 Å². The van der Waals surface area contributed by atoms with E-state index in [1.807, 2.05) is 15.7 Å². The largest absolute Gasteiger partial charge is 0.386 e. The fraction of sp³-hybridized carbons (Fsp3) is 0.417. The molecule has 3 N–H and O–H groups in total. The molecule has 0 saturated heterocycles. The van der Waals surface area contributed by atoms with E-state index in [9.17, 15) is 9.90 Å². The van der Waals surface area contributed by atoms with E-state index in [0.717, 1.165) is 0 Å². The second-order valence-electron chi connectivity index (χ2n) is 5.71. The first-order chi connectivity index (χ1) is 8.29. The lowest BCUT2D eigenvalue weighted by Crippen LogP contribution is -2.57. The summed E-state index contributed by atoms with van der Waals surface area (Å²) in [6, 6.07) is 7.06. The summed E-state index contributed by atoms with van der Waals surface area (Å²) in [4.78, 5) is 12.4. The average molecular weight is 263 g/mol. The smallest absolute Gasteiger partial charge is 0.184 e. The summed E-state index contributed by atoms with van der Waals surface area (Å²) < 4.78 is 0. The lowest BCUT2D eigenvalue weighted by Gasteiger charge is -2.44. The summed E-state index contributed by atoms with van der Waals surface area (Å²) in [5, 5.41) is 10.2. The van der Waals surface area contributed by atoms with E-state index >= 15 is 0 Å². The number of hydrogen-bond acceptors (Lipinski definition) is 3. The van der Waals surface area contributed by atoms with Gasteiger partial charge in [0.05, 0.1) is 0 Å². The second-order valence-corrected chi connectivity index (χ2v) is 6.11. The van der Waals surface area contributed by atoms with E-state index in [0.29, 0.717) is 23.4 Å². The van der Waals surface area contributed by atoms with E-state index in [-0.39, 0.29) is 5.78 Å². The number of ketones is 1. The van der Waals surface area contributed by atoms with E-state index in [2.05, 4.69) is 0 Å². The van der Waals surface area contributed by atoms with Crippen LogP contribution in [0.3, 0.4) is 0 Å². The SMILES string of the molecule is BC1(B)CCC(N)(c2ccccc2Cl)C(=O)C1O. The number of halogens is 1. The Balaban J connectivity index is 2.45. The van der Waals surface area contributed by atoms with Gasteiger partial charge in [0.2, 0.25) is 0 Å². The van der Waals surface area contributed by atoms with Gasteiger partial charge in [-0.25, -0.2) is 0 Å². The maximum Gasteiger partial charge on any atom is 0.184 e. The number of aliphatic hydroxyl groups is 1. The molecular weight excluding hydrogens is 247 g/mol. The molecule has 0 spiro atoms. The van der Waals surface area contributed by atoms with Crippen molar-refractivity contribution in [1.29, 1.82) is 0 Å². The zero-order chi connectivity index (χ0) is 13.6. The van der Waals surface area contributed by atoms with Crippen molar-refractivity contribution in [3.63, 3.8) is 0 Å². The summed E-state index contributed by atoms with van der Waals surface area (Å²) in [5.74, 6) is -0.341. The maximum atomic E-state index is 12.4. The molecule has 6 heteroatoms. The van der Waals surface area contributed by atoms with Crippen LogP contribution >= 0.6 is 11.6 Å². The minimum Gasteiger partial charge on any atom is -0.386 e. The minimum absolute atomic E-state index is 0.341. The van der Waals surface area contributed by atoms with Crippen LogP contribution < -0.4 is 5.73 Å². The molecule has 1 aliphatic rings. The van der Waals surface area contributed by atoms with Gasteiger partial charge in [0, 0.05) is 5.02 Å². The monoisotopic (exact) mass is 263 g/mol. The van der Waals surface area contributed by atoms with E-state index in [1.54, 1.807) is 24.3 Å². The molecule has 0 aromatic heterocycles. The van der Waals surface area contributed by atoms with Crippen molar-refractivity contribution in [3.05, 3.63) is 34.9 Å². The zero-order valence-corrected chi connectivity index (χ0v) is 11.4. The van der Waals surface area contributed by atoms with Gasteiger partial charge in [-0.3, -0.25) is 4.79 Å². The highest BCUT2D eigenvalue weighted by atomic mass is 35.5. The van der Waals surface area contributed by atoms with Crippen molar-refractivity contribution >= 4 is 33.1 Å². The second kappa shape index (κ2) is 4.41. The van der Waals surface area contributed by atoms with Gasteiger partial charge in [-0.05, 0) is 18.1 Å². The van der Waals surface area contributed by atoms with Crippen LogP contribution in [0.25, 0.3) is 0 Å². The number of carbonyl (C=O) groups is 1. The molecule has 2 unspecified atom stereocenters. The molecule has 18 heavy (non-hydrogen) atoms. The highest BCUT2D eigenvalue weighted by Gasteiger charge is 2.50. The summed E-state index contributed by atoms with van der Waals surface area (Å²) in [6.45, 7) is 0. The van der Waals surface area contributed by atoms with Crippen molar-refractivity contribution < 1.29 is 9.90 Å². The summed E-state index contributed by atoms with van der Waals surface area (Å²) in [5.41, 5.74) is 5.67. The first kappa shape index (κ1) is 13.7. The van der Waals surface area contributed by atoms with Gasteiger partial charge >= 0.3 is 0 Å². The summed E-state index contributed by atoms with van der Waals surface area (Å²) in [7, 11) is 3.75. The predicted octanol–water partition coefficient (Wildman–Crippen LogP) is -0.400. The fourth-order valence-electron chi connectivity index (χ4n) is 2.47. The van der Waals surface area contributed by atoms with Crippen molar-refractivity contribution in [2.45, 2.75) is 29.7 Å². The Kier molecular flexibility index (Phi) is 3.34. The van der Waals surface area contributed by atoms with Crippen molar-refractivity contribution in [3.8, 4) is 0 Å². The van der Waals surface area contributed by atoms with E-state index < -0.39 is 16.9 Å². The van der Waals surface area contributed by atoms with Crippen LogP contribution in [0.1, 0.15) is 18.4 Å². The molecule has 1 aromatic rings. The standard InChI is InChI=1S/C12H16B2ClNO2/c13-12(14)6-5-11(16,9(17)10(12)18)7-3-1-2-4-8(7)15/h1-4,10,18H,5-6,13-14,16H2. The number of Topliss-reactive ketones (excluding diaryl/α,β-unsaturated/α-hetero) is 1. The van der Waals surface area contributed by atoms with Crippen molar-refractivity contribution in [1.82, 2.24) is 0 Å². The van der Waals surface area contributed by atoms with Gasteiger partial charge in [-0.1, -0.05) is 41.4 Å². The van der Waals surface area contributed by atoms with Crippen molar-refractivity contribution in [2.75, 3.05) is 0 Å². The zero-order valence-electron chi connectivity index (χ0n) is 10.6. The van der Waals surface area contributed by atoms with Crippen LogP contribution in [0.2, 0.25) is 10.2 Å².